The van der Waals surface area contributed by atoms with Crippen molar-refractivity contribution in [1.29, 1.82) is 0 Å². The van der Waals surface area contributed by atoms with Crippen LogP contribution in [-0.2, 0) is 0 Å². The van der Waals surface area contributed by atoms with Crippen molar-refractivity contribution in [1.82, 2.24) is 10.3 Å². The summed E-state index contributed by atoms with van der Waals surface area (Å²) in [6.07, 6.45) is 3.81. The number of aliphatic hydroxyl groups is 1. The van der Waals surface area contributed by atoms with Gasteiger partial charge in [-0.3, -0.25) is 4.79 Å². The van der Waals surface area contributed by atoms with Crippen LogP contribution in [0.1, 0.15) is 36.2 Å². The van der Waals surface area contributed by atoms with Crippen molar-refractivity contribution in [2.24, 2.45) is 5.92 Å². The van der Waals surface area contributed by atoms with Gasteiger partial charge in [-0.15, -0.1) is 0 Å². The molecule has 1 saturated carbocycles. The number of benzene rings is 1. The van der Waals surface area contributed by atoms with Crippen LogP contribution in [-0.4, -0.2) is 28.6 Å². The number of aromatic nitrogens is 1. The first-order valence-corrected chi connectivity index (χ1v) is 7.28. The Kier molecular flexibility index (Phi) is 3.74. The normalized spacial score (nSPS) is 22.9. The largest absolute Gasteiger partial charge is 0.393 e. The Morgan fingerprint density at radius 2 is 2.10 bits per heavy atom. The van der Waals surface area contributed by atoms with Gasteiger partial charge in [-0.05, 0) is 25.0 Å². The Hall–Kier alpha value is -1.81. The second-order valence-corrected chi connectivity index (χ2v) is 5.59. The molecule has 106 valence electrons. The van der Waals surface area contributed by atoms with Crippen LogP contribution >= 0.6 is 0 Å². The summed E-state index contributed by atoms with van der Waals surface area (Å²) in [6.45, 7) is 0.551. The number of hydrogen-bond acceptors (Lipinski definition) is 2. The smallest absolute Gasteiger partial charge is 0.267 e. The first-order valence-electron chi connectivity index (χ1n) is 7.28. The van der Waals surface area contributed by atoms with Gasteiger partial charge in [0.25, 0.3) is 5.91 Å². The monoisotopic (exact) mass is 272 g/mol. The van der Waals surface area contributed by atoms with Crippen LogP contribution in [0, 0.1) is 5.92 Å². The summed E-state index contributed by atoms with van der Waals surface area (Å²) in [5.74, 6) is 0.0936. The number of amides is 1. The molecule has 3 N–H and O–H groups in total. The number of hydrogen-bond donors (Lipinski definition) is 3. The van der Waals surface area contributed by atoms with E-state index in [2.05, 4.69) is 10.3 Å². The summed E-state index contributed by atoms with van der Waals surface area (Å²) in [6, 6.07) is 9.70. The molecule has 1 aromatic carbocycles. The summed E-state index contributed by atoms with van der Waals surface area (Å²) in [5.41, 5.74) is 1.55. The van der Waals surface area contributed by atoms with Gasteiger partial charge in [0, 0.05) is 23.4 Å². The van der Waals surface area contributed by atoms with Crippen molar-refractivity contribution in [2.75, 3.05) is 6.54 Å². The van der Waals surface area contributed by atoms with Gasteiger partial charge in [-0.1, -0.05) is 31.0 Å². The average Bonchev–Trinajstić information content (AvgIpc) is 2.90. The van der Waals surface area contributed by atoms with Crippen molar-refractivity contribution >= 4 is 16.8 Å². The SMILES string of the molecule is O=C(NCC1CCCCC1O)c1cc2ccccc2[nH]1. The van der Waals surface area contributed by atoms with E-state index in [0.29, 0.717) is 12.2 Å². The second-order valence-electron chi connectivity index (χ2n) is 5.59. The van der Waals surface area contributed by atoms with Gasteiger partial charge < -0.3 is 15.4 Å². The van der Waals surface area contributed by atoms with Crippen molar-refractivity contribution in [3.8, 4) is 0 Å². The van der Waals surface area contributed by atoms with Gasteiger partial charge in [0.1, 0.15) is 5.69 Å². The fourth-order valence-corrected chi connectivity index (χ4v) is 2.94. The predicted octanol–water partition coefficient (Wildman–Crippen LogP) is 2.45. The lowest BCUT2D eigenvalue weighted by Crippen LogP contribution is -2.36. The molecule has 1 aliphatic rings. The maximum absolute atomic E-state index is 12.1. The van der Waals surface area contributed by atoms with Crippen LogP contribution in [0.3, 0.4) is 0 Å². The summed E-state index contributed by atoms with van der Waals surface area (Å²) < 4.78 is 0. The molecule has 4 heteroatoms. The molecule has 1 fully saturated rings. The van der Waals surface area contributed by atoms with Crippen LogP contribution in [0.4, 0.5) is 0 Å². The lowest BCUT2D eigenvalue weighted by atomic mass is 9.86. The average molecular weight is 272 g/mol. The summed E-state index contributed by atoms with van der Waals surface area (Å²) >= 11 is 0. The molecular formula is C16H20N2O2. The van der Waals surface area contributed by atoms with Crippen LogP contribution in [0.5, 0.6) is 0 Å². The third-order valence-electron chi connectivity index (χ3n) is 4.17. The molecule has 2 unspecified atom stereocenters. The molecule has 0 saturated heterocycles. The quantitative estimate of drug-likeness (QED) is 0.803. The number of para-hydroxylation sites is 1. The van der Waals surface area contributed by atoms with E-state index in [1.54, 1.807) is 0 Å². The zero-order valence-corrected chi connectivity index (χ0v) is 11.4. The van der Waals surface area contributed by atoms with E-state index >= 15 is 0 Å². The minimum absolute atomic E-state index is 0.0982. The predicted molar refractivity (Wildman–Crippen MR) is 78.6 cm³/mol. The summed E-state index contributed by atoms with van der Waals surface area (Å²) in [4.78, 5) is 15.3. The third kappa shape index (κ3) is 2.70. The Balaban J connectivity index is 1.64. The van der Waals surface area contributed by atoms with Crippen molar-refractivity contribution in [3.05, 3.63) is 36.0 Å². The van der Waals surface area contributed by atoms with Crippen molar-refractivity contribution in [3.63, 3.8) is 0 Å². The third-order valence-corrected chi connectivity index (χ3v) is 4.17. The highest BCUT2D eigenvalue weighted by Crippen LogP contribution is 2.23. The molecule has 2 atom stereocenters. The van der Waals surface area contributed by atoms with Gasteiger partial charge in [0.05, 0.1) is 6.10 Å². The second kappa shape index (κ2) is 5.67. The topological polar surface area (TPSA) is 65.1 Å². The van der Waals surface area contributed by atoms with Gasteiger partial charge in [-0.25, -0.2) is 0 Å². The van der Waals surface area contributed by atoms with Gasteiger partial charge in [0.15, 0.2) is 0 Å². The molecule has 1 heterocycles. The van der Waals surface area contributed by atoms with E-state index < -0.39 is 0 Å². The summed E-state index contributed by atoms with van der Waals surface area (Å²) in [5, 5.41) is 13.9. The first-order chi connectivity index (χ1) is 9.74. The fourth-order valence-electron chi connectivity index (χ4n) is 2.94. The zero-order chi connectivity index (χ0) is 13.9. The number of fused-ring (bicyclic) bond motifs is 1. The van der Waals surface area contributed by atoms with Crippen molar-refractivity contribution in [2.45, 2.75) is 31.8 Å². The standard InChI is InChI=1S/C16H20N2O2/c19-15-8-4-2-6-12(15)10-17-16(20)14-9-11-5-1-3-7-13(11)18-14/h1,3,5,7,9,12,15,18-19H,2,4,6,8,10H2,(H,17,20). The van der Waals surface area contributed by atoms with Crippen molar-refractivity contribution < 1.29 is 9.90 Å². The van der Waals surface area contributed by atoms with Crippen LogP contribution in [0.2, 0.25) is 0 Å². The fraction of sp³-hybridized carbons (Fsp3) is 0.438. The highest BCUT2D eigenvalue weighted by atomic mass is 16.3. The van der Waals surface area contributed by atoms with Crippen LogP contribution in [0.25, 0.3) is 10.9 Å². The van der Waals surface area contributed by atoms with Gasteiger partial charge >= 0.3 is 0 Å². The molecule has 0 bridgehead atoms. The highest BCUT2D eigenvalue weighted by Gasteiger charge is 2.23. The molecule has 3 rings (SSSR count). The Bertz CT molecular complexity index is 572. The molecule has 1 aromatic heterocycles. The first kappa shape index (κ1) is 13.2. The van der Waals surface area contributed by atoms with E-state index in [0.717, 1.165) is 36.6 Å². The number of H-pyrrole nitrogens is 1. The number of carbonyl (C=O) groups excluding carboxylic acids is 1. The maximum atomic E-state index is 12.1. The highest BCUT2D eigenvalue weighted by molar-refractivity contribution is 5.97. The number of carbonyl (C=O) groups is 1. The van der Waals surface area contributed by atoms with E-state index in [-0.39, 0.29) is 17.9 Å². The number of aromatic amines is 1. The van der Waals surface area contributed by atoms with Crippen LogP contribution < -0.4 is 5.32 Å². The van der Waals surface area contributed by atoms with E-state index in [1.165, 1.54) is 0 Å². The lowest BCUT2D eigenvalue weighted by Gasteiger charge is -2.27. The van der Waals surface area contributed by atoms with E-state index in [4.69, 9.17) is 0 Å². The molecule has 0 radical (unpaired) electrons. The van der Waals surface area contributed by atoms with Gasteiger partial charge in [0.2, 0.25) is 0 Å². The Morgan fingerprint density at radius 3 is 2.90 bits per heavy atom. The zero-order valence-electron chi connectivity index (χ0n) is 11.4. The number of aliphatic hydroxyl groups excluding tert-OH is 1. The minimum Gasteiger partial charge on any atom is -0.393 e. The molecular weight excluding hydrogens is 252 g/mol. The summed E-state index contributed by atoms with van der Waals surface area (Å²) in [7, 11) is 0. The molecule has 1 aliphatic carbocycles. The van der Waals surface area contributed by atoms with E-state index in [9.17, 15) is 9.90 Å². The van der Waals surface area contributed by atoms with E-state index in [1.807, 2.05) is 30.3 Å². The molecule has 4 nitrogen and oxygen atoms in total. The molecule has 0 aliphatic heterocycles. The lowest BCUT2D eigenvalue weighted by molar-refractivity contribution is 0.0662. The number of nitrogens with one attached hydrogen (secondary N) is 2. The molecule has 2 aromatic rings. The maximum Gasteiger partial charge on any atom is 0.267 e. The molecule has 0 spiro atoms. The Labute approximate surface area is 118 Å². The molecule has 20 heavy (non-hydrogen) atoms. The minimum atomic E-state index is -0.272. The van der Waals surface area contributed by atoms with Crippen LogP contribution in [0.15, 0.2) is 30.3 Å². The Morgan fingerprint density at radius 1 is 1.30 bits per heavy atom. The van der Waals surface area contributed by atoms with Gasteiger partial charge in [-0.2, -0.15) is 0 Å². The molecule has 1 amide bonds. The number of rotatable bonds is 3.